The van der Waals surface area contributed by atoms with Gasteiger partial charge in [-0.1, -0.05) is 6.07 Å². The Morgan fingerprint density at radius 2 is 1.59 bits per heavy atom. The molecule has 0 aromatic heterocycles. The van der Waals surface area contributed by atoms with Crippen LogP contribution in [0.15, 0.2) is 35.3 Å². The summed E-state index contributed by atoms with van der Waals surface area (Å²) in [6.07, 6.45) is 0. The monoisotopic (exact) mass is 560 g/mol. The van der Waals surface area contributed by atoms with Crippen molar-refractivity contribution in [2.45, 2.75) is 13.5 Å². The maximum atomic E-state index is 13.6. The predicted octanol–water partition coefficient (Wildman–Crippen LogP) is 2.87. The van der Waals surface area contributed by atoms with Crippen molar-refractivity contribution in [1.82, 2.24) is 16.0 Å². The lowest BCUT2D eigenvalue weighted by molar-refractivity contribution is 0.0954. The Bertz CT molecular complexity index is 915. The first-order valence-electron chi connectivity index (χ1n) is 9.71. The molecule has 176 valence electrons. The number of amides is 1. The van der Waals surface area contributed by atoms with Crippen LogP contribution in [0.1, 0.15) is 21.5 Å². The topological polar surface area (TPSA) is 93.2 Å². The third kappa shape index (κ3) is 7.43. The van der Waals surface area contributed by atoms with E-state index in [1.165, 1.54) is 6.07 Å². The van der Waals surface area contributed by atoms with Gasteiger partial charge in [0.1, 0.15) is 5.82 Å². The largest absolute Gasteiger partial charge is 0.493 e. The first-order valence-corrected chi connectivity index (χ1v) is 9.71. The average molecular weight is 560 g/mol. The van der Waals surface area contributed by atoms with Gasteiger partial charge >= 0.3 is 0 Å². The standard InChI is InChI=1S/C22H29FN4O4.HI/c1-14-6-7-16(12-17(14)23)21(28)25-8-9-26-22(24-2)27-13-15-10-18(29-3)20(31-5)19(11-15)30-4;/h6-7,10-12H,8-9,13H2,1-5H3,(H,25,28)(H2,24,26,27);1H. The summed E-state index contributed by atoms with van der Waals surface area (Å²) in [7, 11) is 6.33. The predicted molar refractivity (Wildman–Crippen MR) is 133 cm³/mol. The van der Waals surface area contributed by atoms with Crippen molar-refractivity contribution < 1.29 is 23.4 Å². The molecule has 0 bridgehead atoms. The number of aryl methyl sites for hydroxylation is 1. The van der Waals surface area contributed by atoms with Gasteiger partial charge < -0.3 is 30.2 Å². The van der Waals surface area contributed by atoms with Crippen LogP contribution in [-0.4, -0.2) is 53.3 Å². The fourth-order valence-electron chi connectivity index (χ4n) is 2.84. The highest BCUT2D eigenvalue weighted by Gasteiger charge is 2.13. The van der Waals surface area contributed by atoms with Gasteiger partial charge in [-0.05, 0) is 42.3 Å². The number of hydrogen-bond acceptors (Lipinski definition) is 5. The molecule has 2 aromatic rings. The molecule has 3 N–H and O–H groups in total. The molecule has 2 rings (SSSR count). The lowest BCUT2D eigenvalue weighted by atomic mass is 10.1. The van der Waals surface area contributed by atoms with Gasteiger partial charge in [0, 0.05) is 32.2 Å². The number of carbonyl (C=O) groups is 1. The van der Waals surface area contributed by atoms with Crippen LogP contribution in [0.3, 0.4) is 0 Å². The second kappa shape index (κ2) is 13.6. The number of halogens is 2. The summed E-state index contributed by atoms with van der Waals surface area (Å²) in [5.74, 6) is 1.49. The number of aliphatic imine (C=N–C) groups is 1. The number of guanidine groups is 1. The zero-order chi connectivity index (χ0) is 22.8. The number of nitrogens with one attached hydrogen (secondary N) is 3. The van der Waals surface area contributed by atoms with E-state index in [9.17, 15) is 9.18 Å². The van der Waals surface area contributed by atoms with Crippen molar-refractivity contribution in [2.75, 3.05) is 41.5 Å². The molecular formula is C22H30FIN4O4. The number of rotatable bonds is 9. The van der Waals surface area contributed by atoms with Gasteiger partial charge in [-0.15, -0.1) is 24.0 Å². The summed E-state index contributed by atoms with van der Waals surface area (Å²) in [5, 5.41) is 9.04. The SMILES string of the molecule is CN=C(NCCNC(=O)c1ccc(C)c(F)c1)NCc1cc(OC)c(OC)c(OC)c1.I. The van der Waals surface area contributed by atoms with E-state index in [2.05, 4.69) is 20.9 Å². The Morgan fingerprint density at radius 1 is 0.969 bits per heavy atom. The Balaban J connectivity index is 0.00000512. The van der Waals surface area contributed by atoms with Crippen LogP contribution < -0.4 is 30.2 Å². The van der Waals surface area contributed by atoms with Gasteiger partial charge in [-0.25, -0.2) is 4.39 Å². The maximum Gasteiger partial charge on any atom is 0.251 e. The van der Waals surface area contributed by atoms with Gasteiger partial charge in [0.25, 0.3) is 5.91 Å². The molecule has 0 aliphatic heterocycles. The summed E-state index contributed by atoms with van der Waals surface area (Å²) in [6, 6.07) is 8.11. The number of nitrogens with zero attached hydrogens (tertiary/aromatic N) is 1. The van der Waals surface area contributed by atoms with Gasteiger partial charge in [0.2, 0.25) is 5.75 Å². The van der Waals surface area contributed by atoms with Crippen LogP contribution >= 0.6 is 24.0 Å². The van der Waals surface area contributed by atoms with Gasteiger partial charge in [-0.3, -0.25) is 9.79 Å². The average Bonchev–Trinajstić information content (AvgIpc) is 2.79. The van der Waals surface area contributed by atoms with Gasteiger partial charge in [-0.2, -0.15) is 0 Å². The Labute approximate surface area is 204 Å². The zero-order valence-electron chi connectivity index (χ0n) is 18.9. The van der Waals surface area contributed by atoms with Crippen LogP contribution in [-0.2, 0) is 6.54 Å². The molecule has 0 fully saturated rings. The fraction of sp³-hybridized carbons (Fsp3) is 0.364. The molecular weight excluding hydrogens is 530 g/mol. The van der Waals surface area contributed by atoms with Crippen molar-refractivity contribution >= 4 is 35.8 Å². The van der Waals surface area contributed by atoms with Crippen LogP contribution in [0.2, 0.25) is 0 Å². The van der Waals surface area contributed by atoms with Gasteiger partial charge in [0.05, 0.1) is 21.3 Å². The molecule has 10 heteroatoms. The van der Waals surface area contributed by atoms with E-state index in [-0.39, 0.29) is 35.4 Å². The van der Waals surface area contributed by atoms with E-state index in [1.54, 1.807) is 47.4 Å². The molecule has 2 aromatic carbocycles. The van der Waals surface area contributed by atoms with Crippen LogP contribution in [0, 0.1) is 12.7 Å². The first-order chi connectivity index (χ1) is 14.9. The molecule has 0 radical (unpaired) electrons. The van der Waals surface area contributed by atoms with E-state index in [0.717, 1.165) is 5.56 Å². The van der Waals surface area contributed by atoms with E-state index in [4.69, 9.17) is 14.2 Å². The number of hydrogen-bond donors (Lipinski definition) is 3. The van der Waals surface area contributed by atoms with Crippen molar-refractivity contribution in [2.24, 2.45) is 4.99 Å². The third-order valence-electron chi connectivity index (χ3n) is 4.55. The molecule has 0 heterocycles. The number of methoxy groups -OCH3 is 3. The molecule has 0 unspecified atom stereocenters. The summed E-state index contributed by atoms with van der Waals surface area (Å²) >= 11 is 0. The van der Waals surface area contributed by atoms with Crippen LogP contribution in [0.4, 0.5) is 4.39 Å². The molecule has 0 atom stereocenters. The second-order valence-electron chi connectivity index (χ2n) is 6.61. The summed E-state index contributed by atoms with van der Waals surface area (Å²) in [6.45, 7) is 2.90. The minimum Gasteiger partial charge on any atom is -0.493 e. The third-order valence-corrected chi connectivity index (χ3v) is 4.55. The second-order valence-corrected chi connectivity index (χ2v) is 6.61. The van der Waals surface area contributed by atoms with Crippen LogP contribution in [0.5, 0.6) is 17.2 Å². The molecule has 0 spiro atoms. The molecule has 8 nitrogen and oxygen atoms in total. The Morgan fingerprint density at radius 3 is 2.12 bits per heavy atom. The first kappa shape index (κ1) is 27.3. The molecule has 0 aliphatic carbocycles. The maximum absolute atomic E-state index is 13.6. The fourth-order valence-corrected chi connectivity index (χ4v) is 2.84. The summed E-state index contributed by atoms with van der Waals surface area (Å²) in [5.41, 5.74) is 1.69. The van der Waals surface area contributed by atoms with Gasteiger partial charge in [0.15, 0.2) is 17.5 Å². The van der Waals surface area contributed by atoms with Crippen molar-refractivity contribution in [1.29, 1.82) is 0 Å². The Kier molecular flexibility index (Phi) is 11.6. The van der Waals surface area contributed by atoms with E-state index < -0.39 is 5.82 Å². The number of benzene rings is 2. The van der Waals surface area contributed by atoms with E-state index >= 15 is 0 Å². The molecule has 0 saturated carbocycles. The smallest absolute Gasteiger partial charge is 0.251 e. The number of carbonyl (C=O) groups excluding carboxylic acids is 1. The van der Waals surface area contributed by atoms with Crippen molar-refractivity contribution in [3.8, 4) is 17.2 Å². The zero-order valence-corrected chi connectivity index (χ0v) is 21.2. The molecule has 32 heavy (non-hydrogen) atoms. The lowest BCUT2D eigenvalue weighted by Crippen LogP contribution is -2.41. The quantitative estimate of drug-likeness (QED) is 0.189. The normalized spacial score (nSPS) is 10.6. The summed E-state index contributed by atoms with van der Waals surface area (Å²) < 4.78 is 29.7. The van der Waals surface area contributed by atoms with E-state index in [0.29, 0.717) is 48.4 Å². The minimum atomic E-state index is -0.401. The highest BCUT2D eigenvalue weighted by atomic mass is 127. The molecule has 0 aliphatic rings. The van der Waals surface area contributed by atoms with E-state index in [1.807, 2.05) is 12.1 Å². The molecule has 1 amide bonds. The molecule has 0 saturated heterocycles. The highest BCUT2D eigenvalue weighted by Crippen LogP contribution is 2.38. The van der Waals surface area contributed by atoms with Crippen molar-refractivity contribution in [3.05, 3.63) is 52.8 Å². The minimum absolute atomic E-state index is 0. The van der Waals surface area contributed by atoms with Crippen LogP contribution in [0.25, 0.3) is 0 Å². The lowest BCUT2D eigenvalue weighted by Gasteiger charge is -2.16. The van der Waals surface area contributed by atoms with Crippen molar-refractivity contribution in [3.63, 3.8) is 0 Å². The summed E-state index contributed by atoms with van der Waals surface area (Å²) in [4.78, 5) is 16.3. The number of ether oxygens (including phenoxy) is 3. The highest BCUT2D eigenvalue weighted by molar-refractivity contribution is 14.0. The Hall–Kier alpha value is -2.76.